The molecule has 8 heteroatoms. The van der Waals surface area contributed by atoms with Crippen molar-refractivity contribution in [1.82, 2.24) is 20.1 Å². The zero-order valence-electron chi connectivity index (χ0n) is 11.6. The highest BCUT2D eigenvalue weighted by molar-refractivity contribution is 7.99. The number of rotatable bonds is 5. The number of hydrogen-bond acceptors (Lipinski definition) is 5. The highest BCUT2D eigenvalue weighted by Crippen LogP contribution is 2.30. The summed E-state index contributed by atoms with van der Waals surface area (Å²) in [6.07, 6.45) is 0. The van der Waals surface area contributed by atoms with Gasteiger partial charge in [-0.3, -0.25) is 19.4 Å². The first-order valence-electron chi connectivity index (χ1n) is 6.36. The molecule has 0 aliphatic carbocycles. The zero-order valence-corrected chi connectivity index (χ0v) is 12.5. The standard InChI is InChI=1S/C13H15FN4O2S/c1-3-15-7-8-5-4-6-9(14)10(8)21-13-16-11(19)12(20)17-18(13)2/h4-6,15H,3,7H2,1-2H3,(H,17,20). The molecule has 1 heterocycles. The molecule has 0 unspecified atom stereocenters. The van der Waals surface area contributed by atoms with E-state index in [9.17, 15) is 14.0 Å². The molecular weight excluding hydrogens is 295 g/mol. The van der Waals surface area contributed by atoms with Gasteiger partial charge in [-0.25, -0.2) is 4.39 Å². The normalized spacial score (nSPS) is 10.8. The Morgan fingerprint density at radius 1 is 1.43 bits per heavy atom. The second-order valence-electron chi connectivity index (χ2n) is 4.31. The third kappa shape index (κ3) is 3.59. The molecule has 6 nitrogen and oxygen atoms in total. The maximum Gasteiger partial charge on any atom is 0.339 e. The van der Waals surface area contributed by atoms with Crippen molar-refractivity contribution in [2.24, 2.45) is 7.05 Å². The minimum atomic E-state index is -0.889. The molecule has 0 saturated heterocycles. The summed E-state index contributed by atoms with van der Waals surface area (Å²) in [7, 11) is 1.54. The van der Waals surface area contributed by atoms with E-state index in [4.69, 9.17) is 0 Å². The predicted molar refractivity (Wildman–Crippen MR) is 78.0 cm³/mol. The summed E-state index contributed by atoms with van der Waals surface area (Å²) in [6, 6.07) is 4.78. The van der Waals surface area contributed by atoms with Crippen molar-refractivity contribution in [3.8, 4) is 0 Å². The lowest BCUT2D eigenvalue weighted by Gasteiger charge is -2.11. The van der Waals surface area contributed by atoms with Crippen molar-refractivity contribution in [3.63, 3.8) is 0 Å². The van der Waals surface area contributed by atoms with Gasteiger partial charge in [-0.1, -0.05) is 19.1 Å². The summed E-state index contributed by atoms with van der Waals surface area (Å²) in [6.45, 7) is 3.23. The Kier molecular flexibility index (Phi) is 4.92. The van der Waals surface area contributed by atoms with Gasteiger partial charge in [-0.2, -0.15) is 4.98 Å². The van der Waals surface area contributed by atoms with E-state index in [0.29, 0.717) is 11.4 Å². The first-order valence-corrected chi connectivity index (χ1v) is 7.18. The monoisotopic (exact) mass is 310 g/mol. The van der Waals surface area contributed by atoms with Gasteiger partial charge in [0.1, 0.15) is 5.82 Å². The molecule has 0 amide bonds. The molecule has 1 aromatic heterocycles. The number of nitrogens with zero attached hydrogens (tertiary/aromatic N) is 2. The van der Waals surface area contributed by atoms with Gasteiger partial charge in [0.15, 0.2) is 5.16 Å². The highest BCUT2D eigenvalue weighted by atomic mass is 32.2. The maximum absolute atomic E-state index is 14.0. The van der Waals surface area contributed by atoms with Gasteiger partial charge < -0.3 is 5.32 Å². The average Bonchev–Trinajstić information content (AvgIpc) is 2.45. The summed E-state index contributed by atoms with van der Waals surface area (Å²) in [4.78, 5) is 26.6. The molecule has 0 saturated carbocycles. The Labute approximate surface area is 124 Å². The van der Waals surface area contributed by atoms with E-state index in [0.717, 1.165) is 23.9 Å². The minimum Gasteiger partial charge on any atom is -0.313 e. The number of aromatic nitrogens is 3. The van der Waals surface area contributed by atoms with Gasteiger partial charge in [-0.15, -0.1) is 0 Å². The van der Waals surface area contributed by atoms with E-state index < -0.39 is 16.9 Å². The minimum absolute atomic E-state index is 0.224. The smallest absolute Gasteiger partial charge is 0.313 e. The largest absolute Gasteiger partial charge is 0.339 e. The molecule has 1 aromatic carbocycles. The van der Waals surface area contributed by atoms with Crippen molar-refractivity contribution in [3.05, 3.63) is 50.3 Å². The molecule has 0 spiro atoms. The number of hydrogen-bond donors (Lipinski definition) is 2. The summed E-state index contributed by atoms with van der Waals surface area (Å²) < 4.78 is 15.3. The molecule has 2 N–H and O–H groups in total. The molecule has 0 atom stereocenters. The Morgan fingerprint density at radius 2 is 2.19 bits per heavy atom. The van der Waals surface area contributed by atoms with E-state index in [1.54, 1.807) is 19.2 Å². The molecule has 0 aliphatic heterocycles. The van der Waals surface area contributed by atoms with E-state index in [2.05, 4.69) is 15.4 Å². The van der Waals surface area contributed by atoms with Crippen molar-refractivity contribution in [1.29, 1.82) is 0 Å². The van der Waals surface area contributed by atoms with Crippen molar-refractivity contribution in [2.45, 2.75) is 23.5 Å². The lowest BCUT2D eigenvalue weighted by molar-refractivity contribution is 0.581. The van der Waals surface area contributed by atoms with Crippen LogP contribution in [0.4, 0.5) is 4.39 Å². The number of nitrogens with one attached hydrogen (secondary N) is 2. The van der Waals surface area contributed by atoms with Crippen molar-refractivity contribution >= 4 is 11.8 Å². The molecule has 0 bridgehead atoms. The van der Waals surface area contributed by atoms with Gasteiger partial charge in [0.2, 0.25) is 0 Å². The van der Waals surface area contributed by atoms with Crippen LogP contribution in [0.5, 0.6) is 0 Å². The molecule has 2 rings (SSSR count). The van der Waals surface area contributed by atoms with Crippen LogP contribution >= 0.6 is 11.8 Å². The Morgan fingerprint density at radius 3 is 2.90 bits per heavy atom. The number of aryl methyl sites for hydroxylation is 1. The molecule has 0 aliphatic rings. The van der Waals surface area contributed by atoms with Crippen LogP contribution in [0, 0.1) is 5.82 Å². The van der Waals surface area contributed by atoms with Crippen LogP contribution in [-0.4, -0.2) is 21.3 Å². The van der Waals surface area contributed by atoms with Crippen LogP contribution in [0.3, 0.4) is 0 Å². The Balaban J connectivity index is 2.41. The zero-order chi connectivity index (χ0) is 15.4. The summed E-state index contributed by atoms with van der Waals surface area (Å²) in [5, 5.41) is 5.69. The topological polar surface area (TPSA) is 79.8 Å². The summed E-state index contributed by atoms with van der Waals surface area (Å²) in [5.41, 5.74) is -0.925. The fraction of sp³-hybridized carbons (Fsp3) is 0.308. The third-order valence-corrected chi connectivity index (χ3v) is 3.96. The van der Waals surface area contributed by atoms with E-state index in [1.807, 2.05) is 6.92 Å². The summed E-state index contributed by atoms with van der Waals surface area (Å²) in [5.74, 6) is -0.393. The Hall–Kier alpha value is -1.93. The van der Waals surface area contributed by atoms with Crippen molar-refractivity contribution < 1.29 is 4.39 Å². The van der Waals surface area contributed by atoms with Crippen molar-refractivity contribution in [2.75, 3.05) is 6.54 Å². The number of H-pyrrole nitrogens is 1. The number of halogens is 1. The first-order chi connectivity index (χ1) is 10.0. The molecule has 112 valence electrons. The predicted octanol–water partition coefficient (Wildman–Crippen LogP) is 0.868. The molecule has 21 heavy (non-hydrogen) atoms. The van der Waals surface area contributed by atoms with Crippen LogP contribution in [-0.2, 0) is 13.6 Å². The lowest BCUT2D eigenvalue weighted by Crippen LogP contribution is -2.33. The lowest BCUT2D eigenvalue weighted by atomic mass is 10.2. The summed E-state index contributed by atoms with van der Waals surface area (Å²) >= 11 is 1.01. The van der Waals surface area contributed by atoms with Gasteiger partial charge in [-0.05, 0) is 29.9 Å². The first kappa shape index (κ1) is 15.5. The van der Waals surface area contributed by atoms with E-state index >= 15 is 0 Å². The molecule has 2 aromatic rings. The van der Waals surface area contributed by atoms with Crippen LogP contribution < -0.4 is 16.4 Å². The van der Waals surface area contributed by atoms with E-state index in [1.165, 1.54) is 10.7 Å². The Bertz CT molecular complexity index is 757. The maximum atomic E-state index is 14.0. The fourth-order valence-electron chi connectivity index (χ4n) is 1.71. The van der Waals surface area contributed by atoms with Gasteiger partial charge in [0.25, 0.3) is 0 Å². The van der Waals surface area contributed by atoms with E-state index in [-0.39, 0.29) is 5.16 Å². The molecular formula is C13H15FN4O2S. The van der Waals surface area contributed by atoms with Gasteiger partial charge in [0.05, 0.1) is 4.90 Å². The SMILES string of the molecule is CCNCc1cccc(F)c1Sc1nc(=O)c(=O)[nH]n1C. The van der Waals surface area contributed by atoms with Crippen LogP contribution in [0.1, 0.15) is 12.5 Å². The second kappa shape index (κ2) is 6.68. The average molecular weight is 310 g/mol. The molecule has 0 radical (unpaired) electrons. The number of benzene rings is 1. The quantitative estimate of drug-likeness (QED) is 0.801. The fourth-order valence-corrected chi connectivity index (χ4v) is 2.64. The third-order valence-electron chi connectivity index (χ3n) is 2.75. The van der Waals surface area contributed by atoms with Crippen LogP contribution in [0.15, 0.2) is 37.8 Å². The van der Waals surface area contributed by atoms with Gasteiger partial charge in [0, 0.05) is 13.6 Å². The highest BCUT2D eigenvalue weighted by Gasteiger charge is 2.13. The van der Waals surface area contributed by atoms with Gasteiger partial charge >= 0.3 is 11.1 Å². The van der Waals surface area contributed by atoms with Crippen LogP contribution in [0.25, 0.3) is 0 Å². The molecule has 0 fully saturated rings. The number of aromatic amines is 1. The second-order valence-corrected chi connectivity index (χ2v) is 5.29. The van der Waals surface area contributed by atoms with Crippen LogP contribution in [0.2, 0.25) is 0 Å².